The van der Waals surface area contributed by atoms with Crippen molar-refractivity contribution >= 4 is 28.3 Å². The zero-order valence-corrected chi connectivity index (χ0v) is 14.9. The van der Waals surface area contributed by atoms with Gasteiger partial charge in [-0.1, -0.05) is 11.3 Å². The van der Waals surface area contributed by atoms with Crippen molar-refractivity contribution < 1.29 is 14.3 Å². The summed E-state index contributed by atoms with van der Waals surface area (Å²) in [4.78, 5) is 32.0. The van der Waals surface area contributed by atoms with Crippen LogP contribution in [0.2, 0.25) is 0 Å². The number of amides is 2. The molecule has 0 bridgehead atoms. The van der Waals surface area contributed by atoms with Gasteiger partial charge in [0.25, 0.3) is 5.91 Å². The summed E-state index contributed by atoms with van der Waals surface area (Å²) in [6.45, 7) is 1.08. The summed E-state index contributed by atoms with van der Waals surface area (Å²) in [7, 11) is 3.26. The van der Waals surface area contributed by atoms with Crippen LogP contribution in [-0.2, 0) is 24.8 Å². The molecule has 0 atom stereocenters. The number of aromatic nitrogens is 3. The number of nitrogens with zero attached hydrogens (tertiary/aromatic N) is 4. The van der Waals surface area contributed by atoms with Crippen molar-refractivity contribution in [2.45, 2.75) is 25.8 Å². The van der Waals surface area contributed by atoms with Gasteiger partial charge < -0.3 is 15.0 Å². The van der Waals surface area contributed by atoms with E-state index in [2.05, 4.69) is 15.4 Å². The van der Waals surface area contributed by atoms with E-state index in [1.165, 1.54) is 18.4 Å². The van der Waals surface area contributed by atoms with Crippen molar-refractivity contribution in [3.05, 3.63) is 22.3 Å². The van der Waals surface area contributed by atoms with Gasteiger partial charge in [-0.3, -0.25) is 14.3 Å². The molecule has 25 heavy (non-hydrogen) atoms. The molecule has 1 aliphatic heterocycles. The molecule has 0 spiro atoms. The summed E-state index contributed by atoms with van der Waals surface area (Å²) in [6, 6.07) is 0. The molecule has 0 aromatic carbocycles. The SMILES string of the molecule is COc1nn(C)cc1C(=O)N1CCc2nc(NC(=O)C3CC3)sc2C1. The molecule has 8 nitrogen and oxygen atoms in total. The minimum absolute atomic E-state index is 0.0547. The Morgan fingerprint density at radius 3 is 2.92 bits per heavy atom. The van der Waals surface area contributed by atoms with Crippen LogP contribution >= 0.6 is 11.3 Å². The van der Waals surface area contributed by atoms with Gasteiger partial charge in [0.2, 0.25) is 11.8 Å². The highest BCUT2D eigenvalue weighted by Gasteiger charge is 2.31. The lowest BCUT2D eigenvalue weighted by Gasteiger charge is -2.25. The fourth-order valence-electron chi connectivity index (χ4n) is 2.91. The number of methoxy groups -OCH3 is 1. The molecule has 2 aromatic rings. The van der Waals surface area contributed by atoms with Crippen molar-refractivity contribution in [2.24, 2.45) is 13.0 Å². The maximum absolute atomic E-state index is 12.8. The second kappa shape index (κ2) is 6.14. The van der Waals surface area contributed by atoms with Crippen LogP contribution in [0.1, 0.15) is 33.8 Å². The highest BCUT2D eigenvalue weighted by molar-refractivity contribution is 7.15. The first-order valence-electron chi connectivity index (χ1n) is 8.21. The number of aryl methyl sites for hydroxylation is 1. The quantitative estimate of drug-likeness (QED) is 0.890. The molecule has 1 N–H and O–H groups in total. The fourth-order valence-corrected chi connectivity index (χ4v) is 3.94. The smallest absolute Gasteiger partial charge is 0.261 e. The summed E-state index contributed by atoms with van der Waals surface area (Å²) < 4.78 is 6.76. The van der Waals surface area contributed by atoms with Crippen LogP contribution in [0.3, 0.4) is 0 Å². The molecule has 1 aliphatic carbocycles. The van der Waals surface area contributed by atoms with Crippen molar-refractivity contribution in [1.82, 2.24) is 19.7 Å². The number of anilines is 1. The van der Waals surface area contributed by atoms with Crippen molar-refractivity contribution in [2.75, 3.05) is 19.0 Å². The highest BCUT2D eigenvalue weighted by Crippen LogP contribution is 2.33. The van der Waals surface area contributed by atoms with Crippen LogP contribution in [0.4, 0.5) is 5.13 Å². The first-order valence-corrected chi connectivity index (χ1v) is 9.03. The van der Waals surface area contributed by atoms with E-state index in [9.17, 15) is 9.59 Å². The van der Waals surface area contributed by atoms with E-state index in [1.807, 2.05) is 0 Å². The van der Waals surface area contributed by atoms with Gasteiger partial charge in [-0.15, -0.1) is 5.10 Å². The largest absolute Gasteiger partial charge is 0.479 e. The Labute approximate surface area is 148 Å². The molecule has 2 aliphatic rings. The maximum Gasteiger partial charge on any atom is 0.261 e. The highest BCUT2D eigenvalue weighted by atomic mass is 32.1. The summed E-state index contributed by atoms with van der Waals surface area (Å²) in [6.07, 6.45) is 4.28. The molecule has 9 heteroatoms. The summed E-state index contributed by atoms with van der Waals surface area (Å²) in [5.41, 5.74) is 1.43. The molecular formula is C16H19N5O3S. The third-order valence-electron chi connectivity index (χ3n) is 4.42. The lowest BCUT2D eigenvalue weighted by molar-refractivity contribution is -0.117. The molecule has 4 rings (SSSR count). The molecule has 1 saturated carbocycles. The van der Waals surface area contributed by atoms with E-state index < -0.39 is 0 Å². The second-order valence-electron chi connectivity index (χ2n) is 6.35. The van der Waals surface area contributed by atoms with Crippen LogP contribution in [0, 0.1) is 5.92 Å². The third-order valence-corrected chi connectivity index (χ3v) is 5.41. The fraction of sp³-hybridized carbons (Fsp3) is 0.500. The number of nitrogens with one attached hydrogen (secondary N) is 1. The number of ether oxygens (including phenoxy) is 1. The Hall–Kier alpha value is -2.42. The van der Waals surface area contributed by atoms with E-state index in [4.69, 9.17) is 4.74 Å². The molecule has 2 aromatic heterocycles. The number of thiazole rings is 1. The van der Waals surface area contributed by atoms with Crippen LogP contribution in [0.5, 0.6) is 5.88 Å². The summed E-state index contributed by atoms with van der Waals surface area (Å²) in [5.74, 6) is 0.434. The number of carbonyl (C=O) groups is 2. The predicted molar refractivity (Wildman–Crippen MR) is 91.7 cm³/mol. The van der Waals surface area contributed by atoms with Gasteiger partial charge >= 0.3 is 0 Å². The predicted octanol–water partition coefficient (Wildman–Crippen LogP) is 1.43. The van der Waals surface area contributed by atoms with Crippen LogP contribution < -0.4 is 10.1 Å². The molecule has 132 valence electrons. The molecule has 0 saturated heterocycles. The van der Waals surface area contributed by atoms with E-state index in [0.717, 1.165) is 23.4 Å². The number of hydrogen-bond donors (Lipinski definition) is 1. The molecular weight excluding hydrogens is 342 g/mol. The van der Waals surface area contributed by atoms with E-state index in [1.54, 1.807) is 22.8 Å². The van der Waals surface area contributed by atoms with Crippen LogP contribution in [0.15, 0.2) is 6.20 Å². The van der Waals surface area contributed by atoms with Crippen molar-refractivity contribution in [3.63, 3.8) is 0 Å². The minimum Gasteiger partial charge on any atom is -0.479 e. The zero-order chi connectivity index (χ0) is 17.6. The molecule has 3 heterocycles. The molecule has 0 unspecified atom stereocenters. The van der Waals surface area contributed by atoms with Crippen molar-refractivity contribution in [3.8, 4) is 5.88 Å². The standard InChI is InChI=1S/C16H19N5O3S/c1-20-7-10(14(19-20)24-2)15(23)21-6-5-11-12(8-21)25-16(17-11)18-13(22)9-3-4-9/h7,9H,3-6,8H2,1-2H3,(H,17,18,22). The van der Waals surface area contributed by atoms with Gasteiger partial charge in [0.15, 0.2) is 5.13 Å². The Balaban J connectivity index is 1.49. The van der Waals surface area contributed by atoms with Crippen molar-refractivity contribution in [1.29, 1.82) is 0 Å². The Bertz CT molecular complexity index is 839. The van der Waals surface area contributed by atoms with Gasteiger partial charge in [-0.25, -0.2) is 4.98 Å². The van der Waals surface area contributed by atoms with Crippen LogP contribution in [-0.4, -0.2) is 45.1 Å². The lowest BCUT2D eigenvalue weighted by Crippen LogP contribution is -2.35. The molecule has 0 radical (unpaired) electrons. The number of rotatable bonds is 4. The Morgan fingerprint density at radius 1 is 1.40 bits per heavy atom. The topological polar surface area (TPSA) is 89.3 Å². The summed E-state index contributed by atoms with van der Waals surface area (Å²) in [5, 5.41) is 7.66. The van der Waals surface area contributed by atoms with E-state index >= 15 is 0 Å². The summed E-state index contributed by atoms with van der Waals surface area (Å²) >= 11 is 1.45. The number of fused-ring (bicyclic) bond motifs is 1. The van der Waals surface area contributed by atoms with Gasteiger partial charge in [0, 0.05) is 37.0 Å². The lowest BCUT2D eigenvalue weighted by atomic mass is 10.1. The molecule has 1 fully saturated rings. The second-order valence-corrected chi connectivity index (χ2v) is 7.44. The first kappa shape index (κ1) is 16.1. The van der Waals surface area contributed by atoms with E-state index in [0.29, 0.717) is 36.1 Å². The normalized spacial score (nSPS) is 16.5. The average Bonchev–Trinajstić information content (AvgIpc) is 3.27. The number of carbonyl (C=O) groups excluding carboxylic acids is 2. The van der Waals surface area contributed by atoms with Gasteiger partial charge in [-0.2, -0.15) is 0 Å². The monoisotopic (exact) mass is 361 g/mol. The van der Waals surface area contributed by atoms with Gasteiger partial charge in [-0.05, 0) is 12.8 Å². The van der Waals surface area contributed by atoms with Crippen LogP contribution in [0.25, 0.3) is 0 Å². The van der Waals surface area contributed by atoms with Gasteiger partial charge in [0.1, 0.15) is 5.56 Å². The van der Waals surface area contributed by atoms with E-state index in [-0.39, 0.29) is 17.7 Å². The maximum atomic E-state index is 12.8. The molecule has 2 amide bonds. The zero-order valence-electron chi connectivity index (χ0n) is 14.1. The third kappa shape index (κ3) is 3.11. The average molecular weight is 361 g/mol. The first-order chi connectivity index (χ1) is 12.0. The van der Waals surface area contributed by atoms with Gasteiger partial charge in [0.05, 0.1) is 19.3 Å². The Morgan fingerprint density at radius 2 is 2.20 bits per heavy atom. The minimum atomic E-state index is -0.104. The Kier molecular flexibility index (Phi) is 3.95. The number of hydrogen-bond acceptors (Lipinski definition) is 6.